The molecule has 0 spiro atoms. The Balaban J connectivity index is 2.04. The number of halogens is 1. The summed E-state index contributed by atoms with van der Waals surface area (Å²) < 4.78 is 1.21. The summed E-state index contributed by atoms with van der Waals surface area (Å²) in [6.45, 7) is 4.35. The van der Waals surface area contributed by atoms with Crippen molar-refractivity contribution in [3.8, 4) is 0 Å². The van der Waals surface area contributed by atoms with Crippen molar-refractivity contribution < 1.29 is 0 Å². The Kier molecular flexibility index (Phi) is 5.20. The van der Waals surface area contributed by atoms with Gasteiger partial charge >= 0.3 is 0 Å². The fourth-order valence-corrected chi connectivity index (χ4v) is 3.76. The van der Waals surface area contributed by atoms with Crippen LogP contribution < -0.4 is 5.32 Å². The molecule has 0 aliphatic carbocycles. The second kappa shape index (κ2) is 6.69. The first-order valence-corrected chi connectivity index (χ1v) is 8.17. The van der Waals surface area contributed by atoms with Gasteiger partial charge in [0, 0.05) is 10.9 Å². The van der Waals surface area contributed by atoms with Gasteiger partial charge in [-0.3, -0.25) is 0 Å². The summed E-state index contributed by atoms with van der Waals surface area (Å²) in [5, 5.41) is 3.43. The predicted octanol–water partition coefficient (Wildman–Crippen LogP) is 4.50. The molecule has 102 valence electrons. The maximum absolute atomic E-state index is 3.53. The van der Waals surface area contributed by atoms with E-state index in [9.17, 15) is 0 Å². The SMILES string of the molecule is CNC(Cc1ccc(C)c(C)c1)Cc1ccc(Br)s1. The molecule has 0 aliphatic rings. The van der Waals surface area contributed by atoms with Crippen LogP contribution in [0, 0.1) is 13.8 Å². The fraction of sp³-hybridized carbons (Fsp3) is 0.375. The van der Waals surface area contributed by atoms with E-state index >= 15 is 0 Å². The van der Waals surface area contributed by atoms with Crippen LogP contribution in [0.1, 0.15) is 21.6 Å². The van der Waals surface area contributed by atoms with E-state index in [0.717, 1.165) is 12.8 Å². The molecule has 2 aromatic rings. The van der Waals surface area contributed by atoms with Gasteiger partial charge in [0.05, 0.1) is 3.79 Å². The van der Waals surface area contributed by atoms with Gasteiger partial charge in [0.2, 0.25) is 0 Å². The van der Waals surface area contributed by atoms with Crippen LogP contribution in [0.15, 0.2) is 34.1 Å². The van der Waals surface area contributed by atoms with Gasteiger partial charge in [-0.1, -0.05) is 18.2 Å². The number of aryl methyl sites for hydroxylation is 2. The van der Waals surface area contributed by atoms with Gasteiger partial charge in [0.25, 0.3) is 0 Å². The second-order valence-corrected chi connectivity index (χ2v) is 7.57. The zero-order valence-electron chi connectivity index (χ0n) is 11.7. The van der Waals surface area contributed by atoms with E-state index in [-0.39, 0.29) is 0 Å². The van der Waals surface area contributed by atoms with E-state index in [4.69, 9.17) is 0 Å². The van der Waals surface area contributed by atoms with Crippen molar-refractivity contribution in [1.29, 1.82) is 0 Å². The maximum Gasteiger partial charge on any atom is 0.0701 e. The topological polar surface area (TPSA) is 12.0 Å². The number of thiophene rings is 1. The molecule has 2 rings (SSSR count). The van der Waals surface area contributed by atoms with Crippen molar-refractivity contribution >= 4 is 27.3 Å². The Bertz CT molecular complexity index is 547. The van der Waals surface area contributed by atoms with E-state index in [1.165, 1.54) is 25.4 Å². The number of hydrogen-bond donors (Lipinski definition) is 1. The second-order valence-electron chi connectivity index (χ2n) is 5.02. The zero-order valence-corrected chi connectivity index (χ0v) is 14.1. The Morgan fingerprint density at radius 2 is 1.89 bits per heavy atom. The molecule has 19 heavy (non-hydrogen) atoms. The summed E-state index contributed by atoms with van der Waals surface area (Å²) in [4.78, 5) is 1.43. The number of benzene rings is 1. The van der Waals surface area contributed by atoms with Crippen molar-refractivity contribution in [1.82, 2.24) is 5.32 Å². The average Bonchev–Trinajstić information content (AvgIpc) is 2.78. The number of rotatable bonds is 5. The van der Waals surface area contributed by atoms with Crippen molar-refractivity contribution in [3.63, 3.8) is 0 Å². The van der Waals surface area contributed by atoms with Crippen LogP contribution in [0.2, 0.25) is 0 Å². The Morgan fingerprint density at radius 3 is 2.47 bits per heavy atom. The van der Waals surface area contributed by atoms with Gasteiger partial charge in [-0.15, -0.1) is 11.3 Å². The predicted molar refractivity (Wildman–Crippen MR) is 88.2 cm³/mol. The summed E-state index contributed by atoms with van der Waals surface area (Å²) in [6, 6.07) is 11.6. The molecule has 1 aromatic carbocycles. The fourth-order valence-electron chi connectivity index (χ4n) is 2.20. The van der Waals surface area contributed by atoms with Crippen molar-refractivity contribution in [2.24, 2.45) is 0 Å². The van der Waals surface area contributed by atoms with Gasteiger partial charge in [-0.05, 0) is 78.5 Å². The molecule has 1 nitrogen and oxygen atoms in total. The molecular weight excluding hydrogens is 318 g/mol. The van der Waals surface area contributed by atoms with Crippen LogP contribution in [0.25, 0.3) is 0 Å². The molecule has 0 aliphatic heterocycles. The van der Waals surface area contributed by atoms with Gasteiger partial charge in [-0.25, -0.2) is 0 Å². The van der Waals surface area contributed by atoms with E-state index < -0.39 is 0 Å². The number of likely N-dealkylation sites (N-methyl/N-ethyl adjacent to an activating group) is 1. The minimum atomic E-state index is 0.493. The van der Waals surface area contributed by atoms with Crippen molar-refractivity contribution in [2.75, 3.05) is 7.05 Å². The zero-order chi connectivity index (χ0) is 13.8. The highest BCUT2D eigenvalue weighted by Gasteiger charge is 2.10. The highest BCUT2D eigenvalue weighted by atomic mass is 79.9. The van der Waals surface area contributed by atoms with Gasteiger partial charge in [0.1, 0.15) is 0 Å². The van der Waals surface area contributed by atoms with Crippen LogP contribution >= 0.6 is 27.3 Å². The number of nitrogens with one attached hydrogen (secondary N) is 1. The van der Waals surface area contributed by atoms with Gasteiger partial charge in [-0.2, -0.15) is 0 Å². The summed E-state index contributed by atoms with van der Waals surface area (Å²) in [5.74, 6) is 0. The third-order valence-electron chi connectivity index (χ3n) is 3.54. The first-order chi connectivity index (χ1) is 9.08. The molecule has 1 unspecified atom stereocenters. The minimum absolute atomic E-state index is 0.493. The summed E-state index contributed by atoms with van der Waals surface area (Å²) >= 11 is 5.35. The normalized spacial score (nSPS) is 12.6. The lowest BCUT2D eigenvalue weighted by molar-refractivity contribution is 0.560. The lowest BCUT2D eigenvalue weighted by Gasteiger charge is -2.16. The maximum atomic E-state index is 3.53. The van der Waals surface area contributed by atoms with E-state index in [0.29, 0.717) is 6.04 Å². The van der Waals surface area contributed by atoms with Gasteiger partial charge < -0.3 is 5.32 Å². The van der Waals surface area contributed by atoms with Crippen molar-refractivity contribution in [3.05, 3.63) is 55.7 Å². The van der Waals surface area contributed by atoms with Crippen LogP contribution in [0.5, 0.6) is 0 Å². The van der Waals surface area contributed by atoms with E-state index in [2.05, 4.69) is 65.4 Å². The molecule has 0 saturated heterocycles. The molecule has 1 aromatic heterocycles. The molecule has 3 heteroatoms. The van der Waals surface area contributed by atoms with Crippen molar-refractivity contribution in [2.45, 2.75) is 32.7 Å². The van der Waals surface area contributed by atoms with Crippen LogP contribution in [0.3, 0.4) is 0 Å². The highest BCUT2D eigenvalue weighted by Crippen LogP contribution is 2.24. The first kappa shape index (κ1) is 14.8. The largest absolute Gasteiger partial charge is 0.316 e. The molecule has 0 bridgehead atoms. The first-order valence-electron chi connectivity index (χ1n) is 6.56. The molecule has 1 N–H and O–H groups in total. The molecule has 1 heterocycles. The molecule has 1 atom stereocenters. The van der Waals surface area contributed by atoms with Crippen LogP contribution in [-0.4, -0.2) is 13.1 Å². The smallest absolute Gasteiger partial charge is 0.0701 e. The third kappa shape index (κ3) is 4.16. The highest BCUT2D eigenvalue weighted by molar-refractivity contribution is 9.11. The van der Waals surface area contributed by atoms with Crippen LogP contribution in [0.4, 0.5) is 0 Å². The minimum Gasteiger partial charge on any atom is -0.316 e. The Labute approximate surface area is 128 Å². The summed E-state index contributed by atoms with van der Waals surface area (Å²) in [5.41, 5.74) is 4.16. The molecule has 0 fully saturated rings. The summed E-state index contributed by atoms with van der Waals surface area (Å²) in [7, 11) is 2.05. The molecule has 0 radical (unpaired) electrons. The molecule has 0 saturated carbocycles. The Hall–Kier alpha value is -0.640. The van der Waals surface area contributed by atoms with E-state index in [1.807, 2.05) is 18.4 Å². The van der Waals surface area contributed by atoms with Gasteiger partial charge in [0.15, 0.2) is 0 Å². The third-order valence-corrected chi connectivity index (χ3v) is 5.18. The lowest BCUT2D eigenvalue weighted by atomic mass is 9.99. The van der Waals surface area contributed by atoms with E-state index in [1.54, 1.807) is 0 Å². The standard InChI is InChI=1S/C16H20BrNS/c1-11-4-5-13(8-12(11)2)9-14(18-3)10-15-6-7-16(17)19-15/h4-8,14,18H,9-10H2,1-3H3. The molecular formula is C16H20BrNS. The number of hydrogen-bond acceptors (Lipinski definition) is 2. The lowest BCUT2D eigenvalue weighted by Crippen LogP contribution is -2.29. The monoisotopic (exact) mass is 337 g/mol. The van der Waals surface area contributed by atoms with Crippen LogP contribution in [-0.2, 0) is 12.8 Å². The quantitative estimate of drug-likeness (QED) is 0.846. The average molecular weight is 338 g/mol. The molecule has 0 amide bonds. The summed E-state index contributed by atoms with van der Waals surface area (Å²) in [6.07, 6.45) is 2.16. The Morgan fingerprint density at radius 1 is 1.11 bits per heavy atom.